The fraction of sp³-hybridized carbons (Fsp3) is 0.824. The molecule has 6 heteroatoms. The first-order valence-corrected chi connectivity index (χ1v) is 8.51. The number of likely N-dealkylation sites (N-methyl/N-ethyl adjacent to an activating group) is 1. The fourth-order valence-corrected chi connectivity index (χ4v) is 2.52. The lowest BCUT2D eigenvalue weighted by molar-refractivity contribution is -0.273. The number of carbonyl (C=O) groups is 1. The van der Waals surface area contributed by atoms with Crippen LogP contribution in [-0.2, 0) is 14.3 Å². The van der Waals surface area contributed by atoms with Crippen LogP contribution in [0, 0.1) is 0 Å². The van der Waals surface area contributed by atoms with E-state index >= 15 is 0 Å². The molecule has 0 aromatic carbocycles. The molecule has 1 amide bonds. The van der Waals surface area contributed by atoms with E-state index in [9.17, 15) is 15.0 Å². The molecule has 0 aromatic rings. The van der Waals surface area contributed by atoms with Crippen LogP contribution in [0.4, 0.5) is 0 Å². The summed E-state index contributed by atoms with van der Waals surface area (Å²) in [5.74, 6) is 0.0254. The summed E-state index contributed by atoms with van der Waals surface area (Å²) in [4.78, 5) is 13.6. The second-order valence-corrected chi connectivity index (χ2v) is 6.02. The highest BCUT2D eigenvalue weighted by molar-refractivity contribution is 5.87. The smallest absolute Gasteiger partial charge is 0.246 e. The summed E-state index contributed by atoms with van der Waals surface area (Å²) in [5, 5.41) is 19.5. The van der Waals surface area contributed by atoms with Crippen molar-refractivity contribution in [3.05, 3.63) is 12.2 Å². The van der Waals surface area contributed by atoms with Crippen LogP contribution >= 0.6 is 0 Å². The number of aliphatic hydroxyl groups excluding tert-OH is 2. The zero-order chi connectivity index (χ0) is 17.4. The predicted molar refractivity (Wildman–Crippen MR) is 87.8 cm³/mol. The standard InChI is InChI=1S/C17H31NO5/c1-5-18(6-2)16(21)10-8-7-9-12(3)22-17-15(20)11-14(19)13(4)23-17/h8,10,12-15,17,19-20H,5-7,9,11H2,1-4H3/b10-8+/t12-,13+,14-,15-,17-/m1/s1. The summed E-state index contributed by atoms with van der Waals surface area (Å²) in [7, 11) is 0. The highest BCUT2D eigenvalue weighted by Crippen LogP contribution is 2.22. The molecule has 0 unspecified atom stereocenters. The van der Waals surface area contributed by atoms with E-state index in [1.807, 2.05) is 26.8 Å². The minimum absolute atomic E-state index is 0.0254. The van der Waals surface area contributed by atoms with Crippen molar-refractivity contribution in [2.75, 3.05) is 13.1 Å². The number of nitrogens with zero attached hydrogens (tertiary/aromatic N) is 1. The highest BCUT2D eigenvalue weighted by Gasteiger charge is 2.35. The molecule has 1 fully saturated rings. The Balaban J connectivity index is 2.31. The molecule has 0 spiro atoms. The molecule has 0 bridgehead atoms. The Labute approximate surface area is 139 Å². The molecule has 0 aliphatic carbocycles. The molecule has 134 valence electrons. The molecule has 0 aromatic heterocycles. The van der Waals surface area contributed by atoms with Gasteiger partial charge in [0.1, 0.15) is 6.10 Å². The van der Waals surface area contributed by atoms with Gasteiger partial charge in [-0.1, -0.05) is 6.08 Å². The minimum atomic E-state index is -0.816. The largest absolute Gasteiger partial charge is 0.390 e. The van der Waals surface area contributed by atoms with Crippen molar-refractivity contribution in [3.8, 4) is 0 Å². The second kappa shape index (κ2) is 10.0. The van der Waals surface area contributed by atoms with Gasteiger partial charge in [-0.15, -0.1) is 0 Å². The lowest BCUT2D eigenvalue weighted by Crippen LogP contribution is -2.48. The van der Waals surface area contributed by atoms with Gasteiger partial charge in [0.15, 0.2) is 6.29 Å². The molecule has 1 aliphatic heterocycles. The molecule has 2 N–H and O–H groups in total. The minimum Gasteiger partial charge on any atom is -0.390 e. The predicted octanol–water partition coefficient (Wildman–Crippen LogP) is 1.45. The summed E-state index contributed by atoms with van der Waals surface area (Å²) < 4.78 is 11.2. The summed E-state index contributed by atoms with van der Waals surface area (Å²) in [6.45, 7) is 9.00. The van der Waals surface area contributed by atoms with Crippen LogP contribution in [0.25, 0.3) is 0 Å². The molecule has 1 rings (SSSR count). The van der Waals surface area contributed by atoms with Gasteiger partial charge in [0.25, 0.3) is 0 Å². The SMILES string of the molecule is CCN(CC)C(=O)/C=C/CC[C@@H](C)O[C@@H]1O[C@@H](C)[C@H](O)C[C@H]1O. The summed E-state index contributed by atoms with van der Waals surface area (Å²) in [6.07, 6.45) is 2.53. The van der Waals surface area contributed by atoms with Crippen LogP contribution in [-0.4, -0.2) is 64.8 Å². The van der Waals surface area contributed by atoms with Crippen molar-refractivity contribution in [2.24, 2.45) is 0 Å². The van der Waals surface area contributed by atoms with Gasteiger partial charge in [-0.2, -0.15) is 0 Å². The van der Waals surface area contributed by atoms with Gasteiger partial charge in [0.05, 0.1) is 18.3 Å². The number of amides is 1. The normalized spacial score (nSPS) is 29.7. The van der Waals surface area contributed by atoms with Crippen LogP contribution in [0.15, 0.2) is 12.2 Å². The monoisotopic (exact) mass is 329 g/mol. The molecule has 0 saturated carbocycles. The average molecular weight is 329 g/mol. The molecular formula is C17H31NO5. The van der Waals surface area contributed by atoms with E-state index in [1.165, 1.54) is 0 Å². The summed E-state index contributed by atoms with van der Waals surface area (Å²) in [5.41, 5.74) is 0. The summed E-state index contributed by atoms with van der Waals surface area (Å²) >= 11 is 0. The quantitative estimate of drug-likeness (QED) is 0.659. The number of ether oxygens (including phenoxy) is 2. The topological polar surface area (TPSA) is 79.2 Å². The molecule has 0 radical (unpaired) electrons. The zero-order valence-electron chi connectivity index (χ0n) is 14.6. The van der Waals surface area contributed by atoms with Crippen LogP contribution in [0.2, 0.25) is 0 Å². The highest BCUT2D eigenvalue weighted by atomic mass is 16.7. The molecule has 1 aliphatic rings. The average Bonchev–Trinajstić information content (AvgIpc) is 2.50. The lowest BCUT2D eigenvalue weighted by atomic mass is 10.0. The maximum atomic E-state index is 11.8. The van der Waals surface area contributed by atoms with Crippen LogP contribution in [0.3, 0.4) is 0 Å². The van der Waals surface area contributed by atoms with E-state index in [4.69, 9.17) is 9.47 Å². The van der Waals surface area contributed by atoms with E-state index in [0.717, 1.165) is 12.8 Å². The van der Waals surface area contributed by atoms with Crippen molar-refractivity contribution in [1.29, 1.82) is 0 Å². The van der Waals surface area contributed by atoms with Gasteiger partial charge >= 0.3 is 0 Å². The van der Waals surface area contributed by atoms with E-state index in [-0.39, 0.29) is 24.5 Å². The van der Waals surface area contributed by atoms with Crippen molar-refractivity contribution >= 4 is 5.91 Å². The molecule has 6 nitrogen and oxygen atoms in total. The maximum Gasteiger partial charge on any atom is 0.246 e. The van der Waals surface area contributed by atoms with Gasteiger partial charge in [-0.25, -0.2) is 0 Å². The van der Waals surface area contributed by atoms with E-state index in [0.29, 0.717) is 13.1 Å². The van der Waals surface area contributed by atoms with Gasteiger partial charge in [0, 0.05) is 19.5 Å². The number of hydrogen-bond acceptors (Lipinski definition) is 5. The van der Waals surface area contributed by atoms with Crippen molar-refractivity contribution in [3.63, 3.8) is 0 Å². The van der Waals surface area contributed by atoms with Crippen molar-refractivity contribution in [1.82, 2.24) is 4.90 Å². The van der Waals surface area contributed by atoms with Crippen LogP contribution in [0.1, 0.15) is 47.0 Å². The third-order valence-corrected chi connectivity index (χ3v) is 4.13. The second-order valence-electron chi connectivity index (χ2n) is 6.02. The van der Waals surface area contributed by atoms with Crippen molar-refractivity contribution < 1.29 is 24.5 Å². The van der Waals surface area contributed by atoms with E-state index in [2.05, 4.69) is 0 Å². The number of aliphatic hydroxyl groups is 2. The number of rotatable bonds is 8. The van der Waals surface area contributed by atoms with Gasteiger partial charge in [-0.3, -0.25) is 4.79 Å². The third-order valence-electron chi connectivity index (χ3n) is 4.13. The van der Waals surface area contributed by atoms with Crippen LogP contribution in [0.5, 0.6) is 0 Å². The molecule has 5 atom stereocenters. The fourth-order valence-electron chi connectivity index (χ4n) is 2.52. The third kappa shape index (κ3) is 6.59. The number of allylic oxidation sites excluding steroid dienone is 1. The molecular weight excluding hydrogens is 298 g/mol. The number of hydrogen-bond donors (Lipinski definition) is 2. The van der Waals surface area contributed by atoms with E-state index in [1.54, 1.807) is 17.9 Å². The Hall–Kier alpha value is -0.950. The zero-order valence-corrected chi connectivity index (χ0v) is 14.6. The van der Waals surface area contributed by atoms with Gasteiger partial charge in [0.2, 0.25) is 5.91 Å². The Morgan fingerprint density at radius 2 is 2.00 bits per heavy atom. The number of carbonyl (C=O) groups excluding carboxylic acids is 1. The van der Waals surface area contributed by atoms with Crippen LogP contribution < -0.4 is 0 Å². The first-order valence-electron chi connectivity index (χ1n) is 8.51. The first-order chi connectivity index (χ1) is 10.9. The Morgan fingerprint density at radius 1 is 1.35 bits per heavy atom. The maximum absolute atomic E-state index is 11.8. The van der Waals surface area contributed by atoms with E-state index < -0.39 is 18.5 Å². The lowest BCUT2D eigenvalue weighted by Gasteiger charge is -2.36. The molecule has 23 heavy (non-hydrogen) atoms. The Bertz CT molecular complexity index is 383. The Morgan fingerprint density at radius 3 is 2.61 bits per heavy atom. The summed E-state index contributed by atoms with van der Waals surface area (Å²) in [6, 6.07) is 0. The Kier molecular flexibility index (Phi) is 8.76. The first kappa shape index (κ1) is 20.1. The molecule has 1 heterocycles. The van der Waals surface area contributed by atoms with Gasteiger partial charge in [-0.05, 0) is 46.6 Å². The molecule has 1 saturated heterocycles. The van der Waals surface area contributed by atoms with Crippen molar-refractivity contribution in [2.45, 2.75) is 77.7 Å². The van der Waals surface area contributed by atoms with Gasteiger partial charge < -0.3 is 24.6 Å².